The number of carboxylic acid groups (broad SMARTS) is 1. The van der Waals surface area contributed by atoms with Crippen LogP contribution in [0.5, 0.6) is 0 Å². The van der Waals surface area contributed by atoms with Crippen LogP contribution in [-0.4, -0.2) is 34.3 Å². The summed E-state index contributed by atoms with van der Waals surface area (Å²) in [5.74, 6) is -2.78. The highest BCUT2D eigenvalue weighted by Crippen LogP contribution is 2.44. The summed E-state index contributed by atoms with van der Waals surface area (Å²) < 4.78 is 5.40. The van der Waals surface area contributed by atoms with E-state index in [9.17, 15) is 19.5 Å². The zero-order valence-corrected chi connectivity index (χ0v) is 12.2. The highest BCUT2D eigenvalue weighted by Gasteiger charge is 2.58. The van der Waals surface area contributed by atoms with Crippen LogP contribution in [0, 0.1) is 5.92 Å². The molecule has 3 atom stereocenters. The second-order valence-electron chi connectivity index (χ2n) is 5.48. The first kappa shape index (κ1) is 14.9. The zero-order chi connectivity index (χ0) is 15.9. The molecule has 1 saturated heterocycles. The van der Waals surface area contributed by atoms with Crippen molar-refractivity contribution in [3.8, 4) is 0 Å². The molecule has 0 amide bonds. The first-order valence-electron chi connectivity index (χ1n) is 6.84. The topological polar surface area (TPSA) is 80.7 Å². The van der Waals surface area contributed by atoms with Gasteiger partial charge in [-0.3, -0.25) is 9.59 Å². The minimum Gasteiger partial charge on any atom is -0.479 e. The molecule has 1 N–H and O–H groups in total. The number of benzene rings is 1. The van der Waals surface area contributed by atoms with Gasteiger partial charge in [-0.2, -0.15) is 0 Å². The van der Waals surface area contributed by atoms with E-state index in [1.807, 2.05) is 0 Å². The van der Waals surface area contributed by atoms with Crippen LogP contribution in [-0.2, 0) is 14.3 Å². The molecule has 1 unspecified atom stereocenters. The SMILES string of the molecule is O=C(CC(=O)[C@@H]1CC2C=C[C@@]1(C(=O)O)O2)c1ccc(Cl)cc1. The molecule has 3 rings (SSSR count). The van der Waals surface area contributed by atoms with Gasteiger partial charge >= 0.3 is 5.97 Å². The Kier molecular flexibility index (Phi) is 3.62. The number of halogens is 1. The lowest BCUT2D eigenvalue weighted by Crippen LogP contribution is -2.45. The fraction of sp³-hybridized carbons (Fsp3) is 0.312. The van der Waals surface area contributed by atoms with E-state index >= 15 is 0 Å². The van der Waals surface area contributed by atoms with Crippen LogP contribution in [0.2, 0.25) is 5.02 Å². The second kappa shape index (κ2) is 5.34. The van der Waals surface area contributed by atoms with E-state index in [0.717, 1.165) is 0 Å². The fourth-order valence-electron chi connectivity index (χ4n) is 2.97. The van der Waals surface area contributed by atoms with Gasteiger partial charge in [0.15, 0.2) is 11.4 Å². The van der Waals surface area contributed by atoms with Crippen molar-refractivity contribution in [2.24, 2.45) is 5.92 Å². The van der Waals surface area contributed by atoms with E-state index < -0.39 is 23.3 Å². The molecular formula is C16H13ClO5. The van der Waals surface area contributed by atoms with Crippen LogP contribution in [0.15, 0.2) is 36.4 Å². The van der Waals surface area contributed by atoms with E-state index in [0.29, 0.717) is 17.0 Å². The van der Waals surface area contributed by atoms with Gasteiger partial charge in [-0.1, -0.05) is 17.7 Å². The number of ketones is 2. The van der Waals surface area contributed by atoms with Crippen LogP contribution in [0.25, 0.3) is 0 Å². The van der Waals surface area contributed by atoms with Crippen molar-refractivity contribution in [2.75, 3.05) is 0 Å². The van der Waals surface area contributed by atoms with Crippen LogP contribution < -0.4 is 0 Å². The van der Waals surface area contributed by atoms with Gasteiger partial charge in [-0.25, -0.2) is 4.79 Å². The number of Topliss-reactive ketones (excluding diaryl/α,β-unsaturated/α-hetero) is 2. The lowest BCUT2D eigenvalue weighted by molar-refractivity contribution is -0.160. The van der Waals surface area contributed by atoms with Crippen molar-refractivity contribution < 1.29 is 24.2 Å². The van der Waals surface area contributed by atoms with Crippen molar-refractivity contribution in [2.45, 2.75) is 24.5 Å². The van der Waals surface area contributed by atoms with Gasteiger partial charge < -0.3 is 9.84 Å². The van der Waals surface area contributed by atoms with Gasteiger partial charge in [0.25, 0.3) is 0 Å². The normalized spacial score (nSPS) is 28.8. The third kappa shape index (κ3) is 2.36. The maximum Gasteiger partial charge on any atom is 0.340 e. The van der Waals surface area contributed by atoms with E-state index in [1.54, 1.807) is 30.3 Å². The minimum absolute atomic E-state index is 0.301. The molecule has 1 fully saturated rings. The Balaban J connectivity index is 1.75. The number of ether oxygens (including phenoxy) is 1. The maximum absolute atomic E-state index is 12.4. The molecule has 1 aromatic rings. The molecular weight excluding hydrogens is 308 g/mol. The first-order valence-corrected chi connectivity index (χ1v) is 7.22. The molecule has 0 saturated carbocycles. The van der Waals surface area contributed by atoms with Crippen LogP contribution in [0.3, 0.4) is 0 Å². The average molecular weight is 321 g/mol. The molecule has 0 aliphatic carbocycles. The predicted molar refractivity (Wildman–Crippen MR) is 77.9 cm³/mol. The smallest absolute Gasteiger partial charge is 0.340 e. The summed E-state index contributed by atoms with van der Waals surface area (Å²) in [7, 11) is 0. The highest BCUT2D eigenvalue weighted by molar-refractivity contribution is 6.30. The predicted octanol–water partition coefficient (Wildman–Crippen LogP) is 2.28. The number of carbonyl (C=O) groups excluding carboxylic acids is 2. The van der Waals surface area contributed by atoms with Gasteiger partial charge in [0.2, 0.25) is 0 Å². The molecule has 2 aliphatic rings. The van der Waals surface area contributed by atoms with Gasteiger partial charge in [-0.15, -0.1) is 0 Å². The van der Waals surface area contributed by atoms with Crippen molar-refractivity contribution in [3.63, 3.8) is 0 Å². The maximum atomic E-state index is 12.4. The van der Waals surface area contributed by atoms with Gasteiger partial charge in [0.1, 0.15) is 5.78 Å². The average Bonchev–Trinajstić information content (AvgIpc) is 3.07. The van der Waals surface area contributed by atoms with E-state index in [-0.39, 0.29) is 18.3 Å². The highest BCUT2D eigenvalue weighted by atomic mass is 35.5. The van der Waals surface area contributed by atoms with E-state index in [1.165, 1.54) is 6.08 Å². The zero-order valence-electron chi connectivity index (χ0n) is 11.5. The number of hydrogen-bond acceptors (Lipinski definition) is 4. The molecule has 1 aromatic carbocycles. The third-order valence-electron chi connectivity index (χ3n) is 4.11. The third-order valence-corrected chi connectivity index (χ3v) is 4.37. The molecule has 2 aliphatic heterocycles. The van der Waals surface area contributed by atoms with Crippen molar-refractivity contribution in [1.29, 1.82) is 0 Å². The summed E-state index contributed by atoms with van der Waals surface area (Å²) >= 11 is 5.75. The Morgan fingerprint density at radius 1 is 1.27 bits per heavy atom. The molecule has 0 aromatic heterocycles. The summed E-state index contributed by atoms with van der Waals surface area (Å²) in [6.45, 7) is 0. The van der Waals surface area contributed by atoms with E-state index in [4.69, 9.17) is 16.3 Å². The Morgan fingerprint density at radius 2 is 1.95 bits per heavy atom. The van der Waals surface area contributed by atoms with Crippen molar-refractivity contribution in [1.82, 2.24) is 0 Å². The Bertz CT molecular complexity index is 678. The second-order valence-corrected chi connectivity index (χ2v) is 5.91. The number of hydrogen-bond donors (Lipinski definition) is 1. The van der Waals surface area contributed by atoms with Gasteiger partial charge in [0.05, 0.1) is 18.4 Å². The number of rotatable bonds is 5. The number of carbonyl (C=O) groups is 3. The summed E-state index contributed by atoms with van der Waals surface area (Å²) in [6, 6.07) is 6.23. The van der Waals surface area contributed by atoms with Crippen LogP contribution >= 0.6 is 11.6 Å². The molecule has 2 heterocycles. The summed E-state index contributed by atoms with van der Waals surface area (Å²) in [5.41, 5.74) is -1.23. The standard InChI is InChI=1S/C16H13ClO5/c17-10-3-1-9(2-4-10)13(18)8-14(19)12-7-11-5-6-16(12,22-11)15(20)21/h1-6,11-12H,7-8H2,(H,20,21)/t11?,12-,16+/m0/s1. The fourth-order valence-corrected chi connectivity index (χ4v) is 3.10. The quantitative estimate of drug-likeness (QED) is 0.511. The summed E-state index contributed by atoms with van der Waals surface area (Å²) in [4.78, 5) is 36.0. The van der Waals surface area contributed by atoms with Gasteiger partial charge in [0, 0.05) is 10.6 Å². The van der Waals surface area contributed by atoms with E-state index in [2.05, 4.69) is 0 Å². The number of aliphatic carboxylic acids is 1. The molecule has 114 valence electrons. The Morgan fingerprint density at radius 3 is 2.55 bits per heavy atom. The first-order chi connectivity index (χ1) is 10.4. The lowest BCUT2D eigenvalue weighted by atomic mass is 9.78. The molecule has 0 spiro atoms. The number of carboxylic acids is 1. The molecule has 5 nitrogen and oxygen atoms in total. The summed E-state index contributed by atoms with van der Waals surface area (Å²) in [6.07, 6.45) is 2.66. The van der Waals surface area contributed by atoms with Gasteiger partial charge in [-0.05, 0) is 36.8 Å². The van der Waals surface area contributed by atoms with Crippen molar-refractivity contribution >= 4 is 29.1 Å². The Labute approximate surface area is 131 Å². The molecule has 0 radical (unpaired) electrons. The lowest BCUT2D eigenvalue weighted by Gasteiger charge is -2.24. The molecule has 22 heavy (non-hydrogen) atoms. The minimum atomic E-state index is -1.61. The van der Waals surface area contributed by atoms with Crippen LogP contribution in [0.4, 0.5) is 0 Å². The molecule has 6 heteroatoms. The summed E-state index contributed by atoms with van der Waals surface area (Å²) in [5, 5.41) is 9.86. The Hall–Kier alpha value is -1.98. The van der Waals surface area contributed by atoms with Crippen molar-refractivity contribution in [3.05, 3.63) is 47.0 Å². The largest absolute Gasteiger partial charge is 0.479 e. The molecule has 2 bridgehead atoms. The van der Waals surface area contributed by atoms with Crippen LogP contribution in [0.1, 0.15) is 23.2 Å². The monoisotopic (exact) mass is 320 g/mol. The number of fused-ring (bicyclic) bond motifs is 2.